The van der Waals surface area contributed by atoms with Gasteiger partial charge in [0.05, 0.1) is 0 Å². The van der Waals surface area contributed by atoms with Crippen molar-refractivity contribution in [2.45, 2.75) is 96.8 Å². The van der Waals surface area contributed by atoms with E-state index in [4.69, 9.17) is 4.74 Å². The predicted molar refractivity (Wildman–Crippen MR) is 141 cm³/mol. The van der Waals surface area contributed by atoms with Crippen LogP contribution >= 0.6 is 0 Å². The average Bonchev–Trinajstić information content (AvgIpc) is 2.81. The van der Waals surface area contributed by atoms with Crippen LogP contribution in [0.4, 0.5) is 0 Å². The quantitative estimate of drug-likeness (QED) is 0.106. The number of esters is 1. The van der Waals surface area contributed by atoms with E-state index in [9.17, 15) is 15.0 Å². The van der Waals surface area contributed by atoms with Gasteiger partial charge in [-0.1, -0.05) is 108 Å². The monoisotopic (exact) mass is 466 g/mol. The molecular formula is C30H42O4. The highest BCUT2D eigenvalue weighted by Gasteiger charge is 2.05. The van der Waals surface area contributed by atoms with Gasteiger partial charge < -0.3 is 14.9 Å². The van der Waals surface area contributed by atoms with Gasteiger partial charge in [0.15, 0.2) is 0 Å². The fourth-order valence-electron chi connectivity index (χ4n) is 4.02. The molecular weight excluding hydrogens is 424 g/mol. The van der Waals surface area contributed by atoms with Crippen molar-refractivity contribution in [2.75, 3.05) is 0 Å². The molecule has 2 rings (SSSR count). The Hall–Kier alpha value is -2.75. The fourth-order valence-corrected chi connectivity index (χ4v) is 4.02. The van der Waals surface area contributed by atoms with Crippen molar-refractivity contribution in [3.05, 3.63) is 53.6 Å². The first-order valence-corrected chi connectivity index (χ1v) is 13.1. The van der Waals surface area contributed by atoms with Gasteiger partial charge in [-0.25, -0.2) is 0 Å². The molecule has 4 heteroatoms. The standard InChI is InChI=1S/C30H42O4/c1-2-3-4-5-6-7-8-9-10-11-12-13-14-15-30(33)34-29-20-18-25(19-21-29)16-17-26-22-27(31)24-28(32)23-26/h16-24,31-32H,2-15H2,1H3/b17-16+. The molecule has 4 nitrogen and oxygen atoms in total. The zero-order chi connectivity index (χ0) is 24.4. The van der Waals surface area contributed by atoms with Crippen molar-refractivity contribution >= 4 is 18.1 Å². The summed E-state index contributed by atoms with van der Waals surface area (Å²) < 4.78 is 5.44. The maximum Gasteiger partial charge on any atom is 0.311 e. The van der Waals surface area contributed by atoms with Crippen LogP contribution in [0, 0.1) is 0 Å². The Morgan fingerprint density at radius 2 is 1.15 bits per heavy atom. The number of hydrogen-bond acceptors (Lipinski definition) is 4. The Morgan fingerprint density at radius 3 is 1.68 bits per heavy atom. The van der Waals surface area contributed by atoms with Crippen molar-refractivity contribution in [2.24, 2.45) is 0 Å². The van der Waals surface area contributed by atoms with Crippen LogP contribution in [0.15, 0.2) is 42.5 Å². The van der Waals surface area contributed by atoms with Crippen LogP contribution < -0.4 is 4.74 Å². The smallest absolute Gasteiger partial charge is 0.311 e. The number of phenols is 2. The summed E-state index contributed by atoms with van der Waals surface area (Å²) in [6, 6.07) is 11.7. The minimum atomic E-state index is -0.179. The lowest BCUT2D eigenvalue weighted by atomic mass is 10.0. The first kappa shape index (κ1) is 27.5. The molecule has 0 heterocycles. The zero-order valence-corrected chi connectivity index (χ0v) is 20.8. The van der Waals surface area contributed by atoms with Crippen LogP contribution in [0.25, 0.3) is 12.2 Å². The van der Waals surface area contributed by atoms with Gasteiger partial charge in [-0.15, -0.1) is 0 Å². The minimum Gasteiger partial charge on any atom is -0.508 e. The summed E-state index contributed by atoms with van der Waals surface area (Å²) in [6.45, 7) is 2.26. The molecule has 2 aromatic carbocycles. The highest BCUT2D eigenvalue weighted by molar-refractivity contribution is 5.73. The summed E-state index contributed by atoms with van der Waals surface area (Å²) >= 11 is 0. The lowest BCUT2D eigenvalue weighted by Gasteiger charge is -2.05. The maximum atomic E-state index is 12.1. The molecule has 2 aromatic rings. The molecule has 0 amide bonds. The molecule has 0 bridgehead atoms. The molecule has 34 heavy (non-hydrogen) atoms. The van der Waals surface area contributed by atoms with E-state index in [0.717, 1.165) is 18.4 Å². The van der Waals surface area contributed by atoms with Crippen LogP contribution in [-0.2, 0) is 4.79 Å². The third-order valence-electron chi connectivity index (χ3n) is 5.99. The molecule has 0 fully saturated rings. The van der Waals surface area contributed by atoms with E-state index in [-0.39, 0.29) is 17.5 Å². The summed E-state index contributed by atoms with van der Waals surface area (Å²) in [5.41, 5.74) is 1.63. The molecule has 0 saturated heterocycles. The lowest BCUT2D eigenvalue weighted by molar-refractivity contribution is -0.134. The summed E-state index contributed by atoms with van der Waals surface area (Å²) in [6.07, 6.45) is 20.9. The van der Waals surface area contributed by atoms with Gasteiger partial charge in [-0.2, -0.15) is 0 Å². The Morgan fingerprint density at radius 1 is 0.676 bits per heavy atom. The normalized spacial score (nSPS) is 11.2. The van der Waals surface area contributed by atoms with Gasteiger partial charge in [0.25, 0.3) is 0 Å². The molecule has 0 aliphatic rings. The summed E-state index contributed by atoms with van der Waals surface area (Å²) in [5, 5.41) is 19.1. The number of rotatable bonds is 17. The number of aromatic hydroxyl groups is 2. The number of carbonyl (C=O) groups is 1. The molecule has 186 valence electrons. The third kappa shape index (κ3) is 12.5. The van der Waals surface area contributed by atoms with Crippen LogP contribution in [0.5, 0.6) is 17.2 Å². The number of ether oxygens (including phenoxy) is 1. The molecule has 0 atom stereocenters. The topological polar surface area (TPSA) is 66.8 Å². The van der Waals surface area contributed by atoms with Crippen molar-refractivity contribution in [3.63, 3.8) is 0 Å². The molecule has 2 N–H and O–H groups in total. The highest BCUT2D eigenvalue weighted by Crippen LogP contribution is 2.22. The second-order valence-electron chi connectivity index (χ2n) is 9.15. The van der Waals surface area contributed by atoms with Crippen molar-refractivity contribution in [1.29, 1.82) is 0 Å². The number of hydrogen-bond donors (Lipinski definition) is 2. The second kappa shape index (κ2) is 16.8. The van der Waals surface area contributed by atoms with Crippen LogP contribution in [0.1, 0.15) is 108 Å². The largest absolute Gasteiger partial charge is 0.508 e. The van der Waals surface area contributed by atoms with Gasteiger partial charge in [0.1, 0.15) is 17.2 Å². The van der Waals surface area contributed by atoms with E-state index in [1.807, 2.05) is 18.2 Å². The summed E-state index contributed by atoms with van der Waals surface area (Å²) in [5.74, 6) is 0.407. The van der Waals surface area contributed by atoms with E-state index >= 15 is 0 Å². The molecule has 0 unspecified atom stereocenters. The van der Waals surface area contributed by atoms with Gasteiger partial charge >= 0.3 is 5.97 Å². The molecule has 0 saturated carbocycles. The summed E-state index contributed by atoms with van der Waals surface area (Å²) in [4.78, 5) is 12.1. The van der Waals surface area contributed by atoms with E-state index in [1.54, 1.807) is 30.3 Å². The Kier molecular flexibility index (Phi) is 13.6. The highest BCUT2D eigenvalue weighted by atomic mass is 16.5. The predicted octanol–water partition coefficient (Wildman–Crippen LogP) is 8.65. The number of phenolic OH excluding ortho intramolecular Hbond substituents is 2. The molecule has 0 aliphatic carbocycles. The number of carbonyl (C=O) groups excluding carboxylic acids is 1. The van der Waals surface area contributed by atoms with Crippen LogP contribution in [0.2, 0.25) is 0 Å². The molecule has 0 aliphatic heterocycles. The van der Waals surface area contributed by atoms with E-state index in [1.165, 1.54) is 76.7 Å². The van der Waals surface area contributed by atoms with E-state index in [2.05, 4.69) is 6.92 Å². The van der Waals surface area contributed by atoms with Crippen LogP contribution in [-0.4, -0.2) is 16.2 Å². The maximum absolute atomic E-state index is 12.1. The van der Waals surface area contributed by atoms with E-state index in [0.29, 0.717) is 17.7 Å². The number of unbranched alkanes of at least 4 members (excludes halogenated alkanes) is 12. The third-order valence-corrected chi connectivity index (χ3v) is 5.99. The average molecular weight is 467 g/mol. The van der Waals surface area contributed by atoms with Gasteiger partial charge in [-0.05, 0) is 41.8 Å². The first-order valence-electron chi connectivity index (χ1n) is 13.1. The fraction of sp³-hybridized carbons (Fsp3) is 0.500. The van der Waals surface area contributed by atoms with Crippen molar-refractivity contribution in [3.8, 4) is 17.2 Å². The first-order chi connectivity index (χ1) is 16.6. The van der Waals surface area contributed by atoms with E-state index < -0.39 is 0 Å². The summed E-state index contributed by atoms with van der Waals surface area (Å²) in [7, 11) is 0. The molecule has 0 radical (unpaired) electrons. The Labute approximate surface area is 205 Å². The molecule has 0 aromatic heterocycles. The second-order valence-corrected chi connectivity index (χ2v) is 9.15. The zero-order valence-electron chi connectivity index (χ0n) is 20.8. The Bertz CT molecular complexity index is 834. The van der Waals surface area contributed by atoms with Gasteiger partial charge in [0, 0.05) is 12.5 Å². The van der Waals surface area contributed by atoms with Gasteiger partial charge in [-0.3, -0.25) is 4.79 Å². The van der Waals surface area contributed by atoms with Gasteiger partial charge in [0.2, 0.25) is 0 Å². The molecule has 0 spiro atoms. The van der Waals surface area contributed by atoms with Crippen LogP contribution in [0.3, 0.4) is 0 Å². The van der Waals surface area contributed by atoms with Crippen molar-refractivity contribution in [1.82, 2.24) is 0 Å². The SMILES string of the molecule is CCCCCCCCCCCCCCCC(=O)Oc1ccc(/C=C/c2cc(O)cc(O)c2)cc1. The lowest BCUT2D eigenvalue weighted by Crippen LogP contribution is -2.07. The van der Waals surface area contributed by atoms with Crippen molar-refractivity contribution < 1.29 is 19.7 Å². The minimum absolute atomic E-state index is 0.0189. The Balaban J connectivity index is 1.53. The number of benzene rings is 2.